The molecule has 0 saturated carbocycles. The molecule has 0 saturated heterocycles. The van der Waals surface area contributed by atoms with Gasteiger partial charge < -0.3 is 0 Å². The summed E-state index contributed by atoms with van der Waals surface area (Å²) in [6, 6.07) is 4.48. The molecule has 0 amide bonds. The summed E-state index contributed by atoms with van der Waals surface area (Å²) >= 11 is 11.6. The molecule has 0 atom stereocenters. The van der Waals surface area contributed by atoms with Gasteiger partial charge in [0.1, 0.15) is 5.82 Å². The topological polar surface area (TPSA) is 3.24 Å². The van der Waals surface area contributed by atoms with E-state index in [0.29, 0.717) is 17.4 Å². The van der Waals surface area contributed by atoms with Crippen molar-refractivity contribution in [2.45, 2.75) is 13.5 Å². The number of nitrogens with zero attached hydrogens (tertiary/aromatic N) is 1. The van der Waals surface area contributed by atoms with Gasteiger partial charge >= 0.3 is 0 Å². The first-order valence-electron chi connectivity index (χ1n) is 4.89. The average Bonchev–Trinajstić information content (AvgIpc) is 2.21. The summed E-state index contributed by atoms with van der Waals surface area (Å²) in [6.45, 7) is 4.48. The van der Waals surface area contributed by atoms with Gasteiger partial charge in [-0.25, -0.2) is 4.39 Å². The number of rotatable bonds is 5. The van der Waals surface area contributed by atoms with Gasteiger partial charge in [0, 0.05) is 24.0 Å². The Morgan fingerprint density at radius 3 is 2.67 bits per heavy atom. The Bertz CT molecular complexity index is 317. The molecule has 1 aromatic carbocycles. The van der Waals surface area contributed by atoms with Crippen LogP contribution >= 0.6 is 23.2 Å². The maximum absolute atomic E-state index is 12.8. The molecule has 0 radical (unpaired) electrons. The van der Waals surface area contributed by atoms with Crippen LogP contribution in [0.2, 0.25) is 5.02 Å². The van der Waals surface area contributed by atoms with E-state index in [9.17, 15) is 4.39 Å². The van der Waals surface area contributed by atoms with E-state index in [-0.39, 0.29) is 5.82 Å². The van der Waals surface area contributed by atoms with E-state index in [1.807, 2.05) is 0 Å². The largest absolute Gasteiger partial charge is 0.298 e. The van der Waals surface area contributed by atoms with Crippen LogP contribution in [0.25, 0.3) is 0 Å². The number of benzene rings is 1. The molecule has 0 aliphatic rings. The summed E-state index contributed by atoms with van der Waals surface area (Å²) in [6.07, 6.45) is 0. The molecule has 0 fully saturated rings. The molecule has 0 bridgehead atoms. The smallest absolute Gasteiger partial charge is 0.124 e. The molecule has 0 aromatic heterocycles. The van der Waals surface area contributed by atoms with Crippen molar-refractivity contribution < 1.29 is 4.39 Å². The molecule has 1 nitrogen and oxygen atoms in total. The van der Waals surface area contributed by atoms with Crippen LogP contribution < -0.4 is 0 Å². The van der Waals surface area contributed by atoms with Crippen molar-refractivity contribution in [1.82, 2.24) is 4.90 Å². The molecule has 1 rings (SSSR count). The molecule has 0 unspecified atom stereocenters. The highest BCUT2D eigenvalue weighted by Gasteiger charge is 2.06. The fourth-order valence-corrected chi connectivity index (χ4v) is 1.83. The molecule has 1 aromatic rings. The van der Waals surface area contributed by atoms with Gasteiger partial charge in [0.25, 0.3) is 0 Å². The molecule has 0 aliphatic heterocycles. The Balaban J connectivity index is 2.70. The molecule has 84 valence electrons. The molecule has 0 heterocycles. The Morgan fingerprint density at radius 2 is 2.13 bits per heavy atom. The first kappa shape index (κ1) is 12.8. The van der Waals surface area contributed by atoms with E-state index in [0.717, 1.165) is 18.7 Å². The van der Waals surface area contributed by atoms with Gasteiger partial charge in [-0.1, -0.05) is 24.6 Å². The number of alkyl halides is 1. The van der Waals surface area contributed by atoms with Crippen LogP contribution in [0.1, 0.15) is 12.5 Å². The fourth-order valence-electron chi connectivity index (χ4n) is 1.36. The highest BCUT2D eigenvalue weighted by Crippen LogP contribution is 2.18. The van der Waals surface area contributed by atoms with Crippen LogP contribution in [-0.4, -0.2) is 23.9 Å². The van der Waals surface area contributed by atoms with Crippen molar-refractivity contribution in [2.75, 3.05) is 19.0 Å². The van der Waals surface area contributed by atoms with Crippen molar-refractivity contribution in [3.8, 4) is 0 Å². The Labute approximate surface area is 99.8 Å². The second kappa shape index (κ2) is 6.31. The third-order valence-corrected chi connectivity index (χ3v) is 2.78. The summed E-state index contributed by atoms with van der Waals surface area (Å²) in [7, 11) is 0. The average molecular weight is 250 g/mol. The molecular formula is C11H14Cl2FN. The van der Waals surface area contributed by atoms with E-state index in [1.165, 1.54) is 12.1 Å². The Hall–Kier alpha value is -0.310. The van der Waals surface area contributed by atoms with Gasteiger partial charge in [-0.15, -0.1) is 11.6 Å². The molecule has 0 spiro atoms. The monoisotopic (exact) mass is 249 g/mol. The Morgan fingerprint density at radius 1 is 1.40 bits per heavy atom. The van der Waals surface area contributed by atoms with Crippen molar-refractivity contribution in [1.29, 1.82) is 0 Å². The lowest BCUT2D eigenvalue weighted by molar-refractivity contribution is 0.297. The van der Waals surface area contributed by atoms with Crippen molar-refractivity contribution >= 4 is 23.2 Å². The Kier molecular flexibility index (Phi) is 5.37. The van der Waals surface area contributed by atoms with Crippen LogP contribution in [0.4, 0.5) is 4.39 Å². The number of halogens is 3. The zero-order chi connectivity index (χ0) is 11.3. The number of hydrogen-bond donors (Lipinski definition) is 0. The lowest BCUT2D eigenvalue weighted by atomic mass is 10.2. The summed E-state index contributed by atoms with van der Waals surface area (Å²) < 4.78 is 12.8. The van der Waals surface area contributed by atoms with Gasteiger partial charge in [-0.05, 0) is 24.2 Å². The van der Waals surface area contributed by atoms with Crippen LogP contribution in [0.15, 0.2) is 18.2 Å². The third kappa shape index (κ3) is 3.98. The lowest BCUT2D eigenvalue weighted by Gasteiger charge is -2.19. The maximum Gasteiger partial charge on any atom is 0.124 e. The van der Waals surface area contributed by atoms with Crippen LogP contribution in [0, 0.1) is 5.82 Å². The minimum atomic E-state index is -0.302. The van der Waals surface area contributed by atoms with Gasteiger partial charge in [0.05, 0.1) is 0 Å². The van der Waals surface area contributed by atoms with Gasteiger partial charge in [-0.2, -0.15) is 0 Å². The quantitative estimate of drug-likeness (QED) is 0.722. The summed E-state index contributed by atoms with van der Waals surface area (Å²) in [4.78, 5) is 2.16. The predicted octanol–water partition coefficient (Wildman–Crippen LogP) is 3.54. The first-order valence-corrected chi connectivity index (χ1v) is 5.81. The van der Waals surface area contributed by atoms with E-state index in [2.05, 4.69) is 11.8 Å². The summed E-state index contributed by atoms with van der Waals surface area (Å²) in [5, 5.41) is 0.475. The minimum absolute atomic E-state index is 0.302. The second-order valence-electron chi connectivity index (χ2n) is 3.29. The van der Waals surface area contributed by atoms with E-state index in [4.69, 9.17) is 23.2 Å². The standard InChI is InChI=1S/C11H14Cl2FN/c1-2-15(6-5-12)8-9-3-4-10(14)7-11(9)13/h3-4,7H,2,5-6,8H2,1H3. The van der Waals surface area contributed by atoms with E-state index >= 15 is 0 Å². The molecule has 0 aliphatic carbocycles. The molecular weight excluding hydrogens is 236 g/mol. The first-order chi connectivity index (χ1) is 7.17. The van der Waals surface area contributed by atoms with Crippen LogP contribution in [0.3, 0.4) is 0 Å². The normalized spacial score (nSPS) is 11.0. The van der Waals surface area contributed by atoms with Crippen molar-refractivity contribution in [3.05, 3.63) is 34.6 Å². The van der Waals surface area contributed by atoms with Crippen LogP contribution in [-0.2, 0) is 6.54 Å². The molecule has 4 heteroatoms. The van der Waals surface area contributed by atoms with Gasteiger partial charge in [0.2, 0.25) is 0 Å². The predicted molar refractivity (Wildman–Crippen MR) is 63.1 cm³/mol. The van der Waals surface area contributed by atoms with Crippen molar-refractivity contribution in [2.24, 2.45) is 0 Å². The van der Waals surface area contributed by atoms with Crippen molar-refractivity contribution in [3.63, 3.8) is 0 Å². The second-order valence-corrected chi connectivity index (χ2v) is 4.08. The van der Waals surface area contributed by atoms with Gasteiger partial charge in [-0.3, -0.25) is 4.90 Å². The maximum atomic E-state index is 12.8. The van der Waals surface area contributed by atoms with E-state index in [1.54, 1.807) is 6.07 Å². The third-order valence-electron chi connectivity index (χ3n) is 2.26. The minimum Gasteiger partial charge on any atom is -0.298 e. The van der Waals surface area contributed by atoms with Crippen LogP contribution in [0.5, 0.6) is 0 Å². The van der Waals surface area contributed by atoms with E-state index < -0.39 is 0 Å². The number of hydrogen-bond acceptors (Lipinski definition) is 1. The lowest BCUT2D eigenvalue weighted by Crippen LogP contribution is -2.25. The summed E-state index contributed by atoms with van der Waals surface area (Å²) in [5.74, 6) is 0.288. The SMILES string of the molecule is CCN(CCCl)Cc1ccc(F)cc1Cl. The van der Waals surface area contributed by atoms with Gasteiger partial charge in [0.15, 0.2) is 0 Å². The summed E-state index contributed by atoms with van der Waals surface area (Å²) in [5.41, 5.74) is 0.935. The molecule has 15 heavy (non-hydrogen) atoms. The molecule has 0 N–H and O–H groups in total. The zero-order valence-electron chi connectivity index (χ0n) is 8.64. The highest BCUT2D eigenvalue weighted by molar-refractivity contribution is 6.31. The zero-order valence-corrected chi connectivity index (χ0v) is 10.2. The fraction of sp³-hybridized carbons (Fsp3) is 0.455. The highest BCUT2D eigenvalue weighted by atomic mass is 35.5.